The number of rotatable bonds is 5. The number of anilines is 1. The second kappa shape index (κ2) is 6.43. The molecule has 18 heavy (non-hydrogen) atoms. The molecule has 0 aliphatic carbocycles. The molecule has 0 saturated heterocycles. The molecule has 0 aliphatic rings. The number of amides is 3. The first-order valence-electron chi connectivity index (χ1n) is 5.45. The van der Waals surface area contributed by atoms with Crippen LogP contribution in [0.4, 0.5) is 10.6 Å². The van der Waals surface area contributed by atoms with E-state index in [-0.39, 0.29) is 6.03 Å². The zero-order valence-corrected chi connectivity index (χ0v) is 10.4. The van der Waals surface area contributed by atoms with Gasteiger partial charge < -0.3 is 21.3 Å². The Kier molecular flexibility index (Phi) is 4.91. The van der Waals surface area contributed by atoms with Crippen LogP contribution in [0, 0.1) is 0 Å². The SMILES string of the molecule is CN(C)C(=O)NCCNc1ccc(C(N)=O)cn1. The Morgan fingerprint density at radius 2 is 2.06 bits per heavy atom. The van der Waals surface area contributed by atoms with E-state index in [0.717, 1.165) is 0 Å². The second-order valence-corrected chi connectivity index (χ2v) is 3.85. The lowest BCUT2D eigenvalue weighted by molar-refractivity contribution is 0.1000. The number of pyridine rings is 1. The number of hydrogen-bond donors (Lipinski definition) is 3. The van der Waals surface area contributed by atoms with Crippen LogP contribution in [0.5, 0.6) is 0 Å². The molecule has 3 amide bonds. The lowest BCUT2D eigenvalue weighted by Gasteiger charge is -2.12. The van der Waals surface area contributed by atoms with E-state index in [9.17, 15) is 9.59 Å². The number of urea groups is 1. The van der Waals surface area contributed by atoms with Crippen LogP contribution in [0.3, 0.4) is 0 Å². The maximum absolute atomic E-state index is 11.2. The van der Waals surface area contributed by atoms with Gasteiger partial charge in [0, 0.05) is 33.4 Å². The standard InChI is InChI=1S/C11H17N5O2/c1-16(2)11(18)14-6-5-13-9-4-3-8(7-15-9)10(12)17/h3-4,7H,5-6H2,1-2H3,(H2,12,17)(H,13,15)(H,14,18). The van der Waals surface area contributed by atoms with Gasteiger partial charge in [-0.3, -0.25) is 4.79 Å². The van der Waals surface area contributed by atoms with Gasteiger partial charge in [-0.15, -0.1) is 0 Å². The van der Waals surface area contributed by atoms with Gasteiger partial charge in [0.2, 0.25) is 5.91 Å². The highest BCUT2D eigenvalue weighted by molar-refractivity contribution is 5.92. The quantitative estimate of drug-likeness (QED) is 0.634. The summed E-state index contributed by atoms with van der Waals surface area (Å²) in [5, 5.41) is 5.71. The molecule has 4 N–H and O–H groups in total. The summed E-state index contributed by atoms with van der Waals surface area (Å²) >= 11 is 0. The lowest BCUT2D eigenvalue weighted by Crippen LogP contribution is -2.37. The van der Waals surface area contributed by atoms with E-state index in [1.807, 2.05) is 0 Å². The van der Waals surface area contributed by atoms with E-state index in [0.29, 0.717) is 24.5 Å². The molecule has 0 bridgehead atoms. The molecule has 1 heterocycles. The number of nitrogens with zero attached hydrogens (tertiary/aromatic N) is 2. The van der Waals surface area contributed by atoms with Crippen LogP contribution in [-0.4, -0.2) is 49.0 Å². The first-order chi connectivity index (χ1) is 8.50. The summed E-state index contributed by atoms with van der Waals surface area (Å²) in [4.78, 5) is 27.5. The third kappa shape index (κ3) is 4.28. The molecule has 0 atom stereocenters. The fourth-order valence-corrected chi connectivity index (χ4v) is 1.16. The highest BCUT2D eigenvalue weighted by Crippen LogP contribution is 2.03. The van der Waals surface area contributed by atoms with E-state index >= 15 is 0 Å². The molecule has 0 spiro atoms. The number of carbonyl (C=O) groups excluding carboxylic acids is 2. The zero-order chi connectivity index (χ0) is 13.5. The molecule has 0 fully saturated rings. The number of primary amides is 1. The van der Waals surface area contributed by atoms with E-state index in [2.05, 4.69) is 15.6 Å². The van der Waals surface area contributed by atoms with Crippen molar-refractivity contribution in [2.24, 2.45) is 5.73 Å². The monoisotopic (exact) mass is 251 g/mol. The van der Waals surface area contributed by atoms with Crippen molar-refractivity contribution in [3.8, 4) is 0 Å². The topological polar surface area (TPSA) is 100 Å². The van der Waals surface area contributed by atoms with Crippen molar-refractivity contribution in [3.05, 3.63) is 23.9 Å². The molecular weight excluding hydrogens is 234 g/mol. The summed E-state index contributed by atoms with van der Waals surface area (Å²) < 4.78 is 0. The van der Waals surface area contributed by atoms with E-state index < -0.39 is 5.91 Å². The Morgan fingerprint density at radius 3 is 2.56 bits per heavy atom. The number of aromatic nitrogens is 1. The smallest absolute Gasteiger partial charge is 0.316 e. The Balaban J connectivity index is 2.31. The molecule has 0 saturated carbocycles. The predicted molar refractivity (Wildman–Crippen MR) is 68.3 cm³/mol. The van der Waals surface area contributed by atoms with Gasteiger partial charge in [0.05, 0.1) is 5.56 Å². The molecule has 7 nitrogen and oxygen atoms in total. The summed E-state index contributed by atoms with van der Waals surface area (Å²) in [7, 11) is 3.35. The molecule has 1 aromatic rings. The molecule has 0 aliphatic heterocycles. The lowest BCUT2D eigenvalue weighted by atomic mass is 10.3. The average Bonchev–Trinajstić information content (AvgIpc) is 2.34. The van der Waals surface area contributed by atoms with Gasteiger partial charge in [-0.05, 0) is 12.1 Å². The van der Waals surface area contributed by atoms with E-state index in [1.165, 1.54) is 11.1 Å². The maximum Gasteiger partial charge on any atom is 0.316 e. The summed E-state index contributed by atoms with van der Waals surface area (Å²) in [5.41, 5.74) is 5.46. The van der Waals surface area contributed by atoms with Crippen LogP contribution in [0.25, 0.3) is 0 Å². The van der Waals surface area contributed by atoms with Crippen LogP contribution in [0.2, 0.25) is 0 Å². The van der Waals surface area contributed by atoms with Crippen molar-refractivity contribution >= 4 is 17.8 Å². The highest BCUT2D eigenvalue weighted by atomic mass is 16.2. The van der Waals surface area contributed by atoms with Crippen molar-refractivity contribution in [1.29, 1.82) is 0 Å². The van der Waals surface area contributed by atoms with Gasteiger partial charge in [0.15, 0.2) is 0 Å². The van der Waals surface area contributed by atoms with Crippen molar-refractivity contribution in [2.45, 2.75) is 0 Å². The number of nitrogens with two attached hydrogens (primary N) is 1. The highest BCUT2D eigenvalue weighted by Gasteiger charge is 2.02. The molecule has 0 unspecified atom stereocenters. The van der Waals surface area contributed by atoms with Crippen LogP contribution < -0.4 is 16.4 Å². The third-order valence-corrected chi connectivity index (χ3v) is 2.16. The molecule has 0 aromatic carbocycles. The van der Waals surface area contributed by atoms with Crippen LogP contribution >= 0.6 is 0 Å². The van der Waals surface area contributed by atoms with Crippen molar-refractivity contribution in [3.63, 3.8) is 0 Å². The maximum atomic E-state index is 11.2. The molecule has 1 rings (SSSR count). The molecule has 1 aromatic heterocycles. The fraction of sp³-hybridized carbons (Fsp3) is 0.364. The Bertz CT molecular complexity index is 416. The Hall–Kier alpha value is -2.31. The van der Waals surface area contributed by atoms with Crippen molar-refractivity contribution in [1.82, 2.24) is 15.2 Å². The second-order valence-electron chi connectivity index (χ2n) is 3.85. The summed E-state index contributed by atoms with van der Waals surface area (Å²) in [6.07, 6.45) is 1.41. The van der Waals surface area contributed by atoms with E-state index in [1.54, 1.807) is 26.2 Å². The van der Waals surface area contributed by atoms with Gasteiger partial charge in [0.1, 0.15) is 5.82 Å². The van der Waals surface area contributed by atoms with Gasteiger partial charge in [-0.1, -0.05) is 0 Å². The number of carbonyl (C=O) groups is 2. The minimum atomic E-state index is -0.507. The van der Waals surface area contributed by atoms with Gasteiger partial charge in [-0.25, -0.2) is 9.78 Å². The van der Waals surface area contributed by atoms with Crippen LogP contribution in [0.1, 0.15) is 10.4 Å². The van der Waals surface area contributed by atoms with Crippen LogP contribution in [-0.2, 0) is 0 Å². The molecule has 0 radical (unpaired) electrons. The van der Waals surface area contributed by atoms with Gasteiger partial charge >= 0.3 is 6.03 Å². The summed E-state index contributed by atoms with van der Waals surface area (Å²) in [6, 6.07) is 3.11. The first kappa shape index (κ1) is 13.8. The summed E-state index contributed by atoms with van der Waals surface area (Å²) in [5.74, 6) is 0.117. The largest absolute Gasteiger partial charge is 0.368 e. The van der Waals surface area contributed by atoms with Gasteiger partial charge in [0.25, 0.3) is 0 Å². The normalized spacial score (nSPS) is 9.67. The van der Waals surface area contributed by atoms with Gasteiger partial charge in [-0.2, -0.15) is 0 Å². The summed E-state index contributed by atoms with van der Waals surface area (Å²) in [6.45, 7) is 1.03. The average molecular weight is 251 g/mol. The van der Waals surface area contributed by atoms with Crippen LogP contribution in [0.15, 0.2) is 18.3 Å². The Morgan fingerprint density at radius 1 is 1.33 bits per heavy atom. The predicted octanol–water partition coefficient (Wildman–Crippen LogP) is -0.136. The minimum Gasteiger partial charge on any atom is -0.368 e. The molecule has 7 heteroatoms. The molecular formula is C11H17N5O2. The zero-order valence-electron chi connectivity index (χ0n) is 10.4. The third-order valence-electron chi connectivity index (χ3n) is 2.16. The van der Waals surface area contributed by atoms with Crippen molar-refractivity contribution in [2.75, 3.05) is 32.5 Å². The Labute approximate surface area is 105 Å². The molecule has 98 valence electrons. The fourth-order valence-electron chi connectivity index (χ4n) is 1.16. The number of hydrogen-bond acceptors (Lipinski definition) is 4. The number of nitrogens with one attached hydrogen (secondary N) is 2. The van der Waals surface area contributed by atoms with E-state index in [4.69, 9.17) is 5.73 Å². The van der Waals surface area contributed by atoms with Crippen molar-refractivity contribution < 1.29 is 9.59 Å². The minimum absolute atomic E-state index is 0.145. The first-order valence-corrected chi connectivity index (χ1v) is 5.45.